The Kier molecular flexibility index (Phi) is 4.75. The summed E-state index contributed by atoms with van der Waals surface area (Å²) in [6, 6.07) is 6.20. The number of halogens is 1. The lowest BCUT2D eigenvalue weighted by atomic mass is 10.1. The van der Waals surface area contributed by atoms with Gasteiger partial charge >= 0.3 is 0 Å². The molecule has 0 bridgehead atoms. The van der Waals surface area contributed by atoms with E-state index in [9.17, 15) is 0 Å². The third-order valence-corrected chi connectivity index (χ3v) is 5.33. The lowest BCUT2D eigenvalue weighted by Gasteiger charge is -2.27. The van der Waals surface area contributed by atoms with Crippen molar-refractivity contribution in [1.82, 2.24) is 9.88 Å². The van der Waals surface area contributed by atoms with Crippen molar-refractivity contribution in [3.8, 4) is 0 Å². The first-order chi connectivity index (χ1) is 10.3. The second-order valence-corrected chi connectivity index (χ2v) is 7.14. The molecule has 1 aliphatic rings. The van der Waals surface area contributed by atoms with Crippen molar-refractivity contribution in [3.63, 3.8) is 0 Å². The maximum atomic E-state index is 6.08. The number of H-pyrrole nitrogens is 1. The normalized spacial score (nSPS) is 16.6. The number of fused-ring (bicyclic) bond motifs is 1. The van der Waals surface area contributed by atoms with Crippen molar-refractivity contribution in [2.45, 2.75) is 6.42 Å². The van der Waals surface area contributed by atoms with Gasteiger partial charge < -0.3 is 15.6 Å². The van der Waals surface area contributed by atoms with Gasteiger partial charge in [0.2, 0.25) is 0 Å². The molecule has 0 radical (unpaired) electrons. The average molecular weight is 367 g/mol. The van der Waals surface area contributed by atoms with Gasteiger partial charge in [-0.2, -0.15) is 11.8 Å². The summed E-state index contributed by atoms with van der Waals surface area (Å²) in [5.74, 6) is 2.98. The summed E-state index contributed by atoms with van der Waals surface area (Å²) in [5.41, 5.74) is 8.52. The van der Waals surface area contributed by atoms with Crippen molar-refractivity contribution in [2.24, 2.45) is 10.7 Å². The van der Waals surface area contributed by atoms with E-state index in [2.05, 4.69) is 49.1 Å². The van der Waals surface area contributed by atoms with E-state index in [1.165, 1.54) is 10.9 Å². The maximum Gasteiger partial charge on any atom is 0.191 e. The maximum absolute atomic E-state index is 6.08. The number of nitrogens with one attached hydrogen (secondary N) is 1. The zero-order valence-corrected chi connectivity index (χ0v) is 14.2. The Hall–Kier alpha value is -1.14. The molecular weight excluding hydrogens is 348 g/mol. The van der Waals surface area contributed by atoms with Crippen LogP contribution in [-0.4, -0.2) is 47.0 Å². The van der Waals surface area contributed by atoms with E-state index in [0.29, 0.717) is 5.96 Å². The van der Waals surface area contributed by atoms with Gasteiger partial charge in [0.05, 0.1) is 0 Å². The van der Waals surface area contributed by atoms with Gasteiger partial charge in [0.25, 0.3) is 0 Å². The van der Waals surface area contributed by atoms with Crippen molar-refractivity contribution in [3.05, 3.63) is 34.4 Å². The Labute approximate surface area is 137 Å². The van der Waals surface area contributed by atoms with E-state index in [0.717, 1.165) is 47.6 Å². The van der Waals surface area contributed by atoms with Crippen LogP contribution in [0.15, 0.2) is 33.9 Å². The van der Waals surface area contributed by atoms with Crippen molar-refractivity contribution >= 4 is 44.6 Å². The topological polar surface area (TPSA) is 57.4 Å². The molecule has 1 fully saturated rings. The first kappa shape index (κ1) is 14.8. The third-order valence-electron chi connectivity index (χ3n) is 3.73. The number of aromatic nitrogens is 1. The minimum absolute atomic E-state index is 0.689. The lowest BCUT2D eigenvalue weighted by molar-refractivity contribution is 0.456. The highest BCUT2D eigenvalue weighted by molar-refractivity contribution is 9.10. The Morgan fingerprint density at radius 2 is 2.19 bits per heavy atom. The van der Waals surface area contributed by atoms with E-state index in [-0.39, 0.29) is 0 Å². The fourth-order valence-corrected chi connectivity index (χ4v) is 4.11. The number of hydrogen-bond acceptors (Lipinski definition) is 2. The molecule has 1 saturated heterocycles. The Morgan fingerprint density at radius 1 is 1.38 bits per heavy atom. The highest BCUT2D eigenvalue weighted by Crippen LogP contribution is 2.27. The number of aliphatic imine (C=N–C) groups is 1. The molecule has 0 saturated carbocycles. The van der Waals surface area contributed by atoms with Gasteiger partial charge in [-0.3, -0.25) is 4.99 Å². The number of guanidine groups is 1. The van der Waals surface area contributed by atoms with Gasteiger partial charge in [0.15, 0.2) is 5.96 Å². The first-order valence-corrected chi connectivity index (χ1v) is 9.07. The van der Waals surface area contributed by atoms with Gasteiger partial charge in [-0.15, -0.1) is 0 Å². The van der Waals surface area contributed by atoms with Crippen molar-refractivity contribution in [2.75, 3.05) is 31.1 Å². The number of rotatable bonds is 3. The zero-order chi connectivity index (χ0) is 14.7. The Bertz CT molecular complexity index is 646. The van der Waals surface area contributed by atoms with Crippen LogP contribution in [-0.2, 0) is 6.42 Å². The van der Waals surface area contributed by atoms with Crippen LogP contribution in [0.3, 0.4) is 0 Å². The van der Waals surface area contributed by atoms with Gasteiger partial charge in [-0.1, -0.05) is 22.0 Å². The van der Waals surface area contributed by atoms with Crippen LogP contribution < -0.4 is 5.73 Å². The number of hydrogen-bond donors (Lipinski definition) is 2. The lowest BCUT2D eigenvalue weighted by Crippen LogP contribution is -2.42. The molecule has 112 valence electrons. The first-order valence-electron chi connectivity index (χ1n) is 7.13. The van der Waals surface area contributed by atoms with E-state index in [4.69, 9.17) is 5.73 Å². The van der Waals surface area contributed by atoms with Crippen LogP contribution in [0, 0.1) is 0 Å². The number of nitrogens with two attached hydrogens (primary N) is 1. The molecule has 0 atom stereocenters. The molecule has 4 nitrogen and oxygen atoms in total. The van der Waals surface area contributed by atoms with Crippen LogP contribution in [0.4, 0.5) is 0 Å². The Morgan fingerprint density at radius 3 is 3.00 bits per heavy atom. The zero-order valence-electron chi connectivity index (χ0n) is 11.8. The quantitative estimate of drug-likeness (QED) is 0.648. The van der Waals surface area contributed by atoms with Crippen LogP contribution in [0.5, 0.6) is 0 Å². The fraction of sp³-hybridized carbons (Fsp3) is 0.400. The molecule has 0 aliphatic carbocycles. The van der Waals surface area contributed by atoms with E-state index in [1.807, 2.05) is 17.8 Å². The molecule has 6 heteroatoms. The average Bonchev–Trinajstić information content (AvgIpc) is 2.93. The van der Waals surface area contributed by atoms with Crippen LogP contribution in [0.25, 0.3) is 10.9 Å². The number of benzene rings is 1. The second kappa shape index (κ2) is 6.75. The highest BCUT2D eigenvalue weighted by atomic mass is 79.9. The number of aromatic amines is 1. The predicted octanol–water partition coefficient (Wildman–Crippen LogP) is 2.84. The van der Waals surface area contributed by atoms with Crippen LogP contribution >= 0.6 is 27.7 Å². The Balaban J connectivity index is 1.66. The molecule has 1 aromatic heterocycles. The molecule has 2 aromatic rings. The standard InChI is InChI=1S/C15H19BrN4S/c16-12-2-1-3-13-14(12)11(10-19-13)4-5-18-15(17)20-6-8-21-9-7-20/h1-3,10,19H,4-9H2,(H2,17,18). The van der Waals surface area contributed by atoms with Crippen LogP contribution in [0.2, 0.25) is 0 Å². The summed E-state index contributed by atoms with van der Waals surface area (Å²) in [4.78, 5) is 10.0. The third kappa shape index (κ3) is 3.37. The summed E-state index contributed by atoms with van der Waals surface area (Å²) in [7, 11) is 0. The molecule has 0 spiro atoms. The minimum Gasteiger partial charge on any atom is -0.370 e. The van der Waals surface area contributed by atoms with Gasteiger partial charge in [-0.05, 0) is 24.1 Å². The van der Waals surface area contributed by atoms with Crippen LogP contribution in [0.1, 0.15) is 5.56 Å². The van der Waals surface area contributed by atoms with Gasteiger partial charge in [0, 0.05) is 52.7 Å². The predicted molar refractivity (Wildman–Crippen MR) is 95.1 cm³/mol. The molecule has 3 N–H and O–H groups in total. The number of nitrogens with zero attached hydrogens (tertiary/aromatic N) is 2. The molecule has 1 aromatic carbocycles. The summed E-state index contributed by atoms with van der Waals surface area (Å²) in [5, 5.41) is 1.25. The van der Waals surface area contributed by atoms with Crippen molar-refractivity contribution < 1.29 is 0 Å². The molecule has 2 heterocycles. The summed E-state index contributed by atoms with van der Waals surface area (Å²) >= 11 is 5.60. The van der Waals surface area contributed by atoms with E-state index >= 15 is 0 Å². The second-order valence-electron chi connectivity index (χ2n) is 5.07. The van der Waals surface area contributed by atoms with E-state index < -0.39 is 0 Å². The van der Waals surface area contributed by atoms with Gasteiger partial charge in [-0.25, -0.2) is 0 Å². The molecular formula is C15H19BrN4S. The largest absolute Gasteiger partial charge is 0.370 e. The molecule has 0 amide bonds. The summed E-state index contributed by atoms with van der Waals surface area (Å²) < 4.78 is 1.13. The highest BCUT2D eigenvalue weighted by Gasteiger charge is 2.12. The fourth-order valence-electron chi connectivity index (χ4n) is 2.59. The van der Waals surface area contributed by atoms with Gasteiger partial charge in [0.1, 0.15) is 0 Å². The summed E-state index contributed by atoms with van der Waals surface area (Å²) in [6.07, 6.45) is 2.96. The monoisotopic (exact) mass is 366 g/mol. The van der Waals surface area contributed by atoms with E-state index in [1.54, 1.807) is 0 Å². The molecule has 0 unspecified atom stereocenters. The molecule has 3 rings (SSSR count). The SMILES string of the molecule is NC(=NCCc1c[nH]c2cccc(Br)c12)N1CCSCC1. The summed E-state index contributed by atoms with van der Waals surface area (Å²) in [6.45, 7) is 2.75. The smallest absolute Gasteiger partial charge is 0.191 e. The molecule has 21 heavy (non-hydrogen) atoms. The minimum atomic E-state index is 0.689. The molecule has 1 aliphatic heterocycles. The number of thioether (sulfide) groups is 1. The van der Waals surface area contributed by atoms with Crippen molar-refractivity contribution in [1.29, 1.82) is 0 Å².